The minimum atomic E-state index is -1.52. The van der Waals surface area contributed by atoms with Crippen molar-refractivity contribution in [2.24, 2.45) is 0 Å². The summed E-state index contributed by atoms with van der Waals surface area (Å²) in [5.74, 6) is -3.45. The highest BCUT2D eigenvalue weighted by atomic mass is 32.2. The Balaban J connectivity index is 1.07. The van der Waals surface area contributed by atoms with Gasteiger partial charge in [-0.25, -0.2) is 9.78 Å². The number of para-hydroxylation sites is 1. The predicted octanol–water partition coefficient (Wildman–Crippen LogP) is 2.28. The van der Waals surface area contributed by atoms with Gasteiger partial charge in [0.25, 0.3) is 5.91 Å². The third kappa shape index (κ3) is 39.4. The van der Waals surface area contributed by atoms with Gasteiger partial charge in [0, 0.05) is 43.3 Å². The number of carbonyl (C=O) groups excluding carboxylic acids is 6. The van der Waals surface area contributed by atoms with Crippen LogP contribution in [-0.2, 0) is 93.9 Å². The molecule has 0 aliphatic carbocycles. The quantitative estimate of drug-likeness (QED) is 0.0399. The number of carboxylic acids is 1. The predicted molar refractivity (Wildman–Crippen MR) is 305 cm³/mol. The van der Waals surface area contributed by atoms with Crippen molar-refractivity contribution >= 4 is 74.7 Å². The minimum absolute atomic E-state index is 0.0260. The van der Waals surface area contributed by atoms with Crippen molar-refractivity contribution in [2.45, 2.75) is 38.9 Å². The van der Waals surface area contributed by atoms with Gasteiger partial charge in [-0.05, 0) is 17.2 Å². The fourth-order valence-corrected chi connectivity index (χ4v) is 7.64. The third-order valence-corrected chi connectivity index (χ3v) is 12.1. The average Bonchev–Trinajstić information content (AvgIpc) is 4.07. The number of hydrogen-bond donors (Lipinski definition) is 7. The van der Waals surface area contributed by atoms with Crippen molar-refractivity contribution in [1.82, 2.24) is 26.3 Å². The number of carbonyl (C=O) groups is 7. The van der Waals surface area contributed by atoms with Crippen molar-refractivity contribution in [3.05, 3.63) is 76.8 Å². The van der Waals surface area contributed by atoms with Crippen LogP contribution < -0.4 is 31.9 Å². The smallest absolute Gasteiger partial charge is 0.321 e. The van der Waals surface area contributed by atoms with E-state index in [1.54, 1.807) is 24.3 Å². The van der Waals surface area contributed by atoms with E-state index in [0.717, 1.165) is 16.9 Å². The molecule has 29 heteroatoms. The minimum Gasteiger partial charge on any atom is -0.481 e. The first-order chi connectivity index (χ1) is 40.5. The van der Waals surface area contributed by atoms with E-state index >= 15 is 0 Å². The van der Waals surface area contributed by atoms with Crippen LogP contribution in [0.2, 0.25) is 0 Å². The highest BCUT2D eigenvalue weighted by Gasteiger charge is 2.25. The first-order valence-electron chi connectivity index (χ1n) is 27.1. The second-order valence-electron chi connectivity index (χ2n) is 17.1. The number of amides is 6. The van der Waals surface area contributed by atoms with E-state index in [1.165, 1.54) is 24.1 Å². The lowest BCUT2D eigenvalue weighted by Gasteiger charge is -2.18. The van der Waals surface area contributed by atoms with E-state index in [0.29, 0.717) is 157 Å². The molecule has 0 aliphatic rings. The zero-order valence-electron chi connectivity index (χ0n) is 47.0. The lowest BCUT2D eigenvalue weighted by atomic mass is 10.1. The van der Waals surface area contributed by atoms with Gasteiger partial charge in [-0.3, -0.25) is 34.1 Å². The van der Waals surface area contributed by atoms with Gasteiger partial charge in [0.05, 0.1) is 172 Å². The Labute approximate surface area is 491 Å². The zero-order valence-corrected chi connectivity index (χ0v) is 48.7. The molecule has 3 rings (SSSR count). The van der Waals surface area contributed by atoms with Crippen LogP contribution in [0.25, 0.3) is 0 Å². The van der Waals surface area contributed by atoms with Crippen molar-refractivity contribution < 1.29 is 95.5 Å². The maximum absolute atomic E-state index is 13.3. The number of aromatic nitrogens is 1. The van der Waals surface area contributed by atoms with Gasteiger partial charge in [0.2, 0.25) is 17.7 Å². The largest absolute Gasteiger partial charge is 0.481 e. The number of benzene rings is 2. The van der Waals surface area contributed by atoms with Crippen LogP contribution in [0.3, 0.4) is 0 Å². The summed E-state index contributed by atoms with van der Waals surface area (Å²) in [5, 5.41) is 26.4. The summed E-state index contributed by atoms with van der Waals surface area (Å²) >= 11 is 2.24. The van der Waals surface area contributed by atoms with Crippen molar-refractivity contribution in [2.75, 3.05) is 181 Å². The summed E-state index contributed by atoms with van der Waals surface area (Å²) < 4.78 is 65.7. The Hall–Kier alpha value is -5.77. The van der Waals surface area contributed by atoms with Gasteiger partial charge in [-0.15, -0.1) is 11.3 Å². The van der Waals surface area contributed by atoms with Crippen LogP contribution in [0.1, 0.15) is 41.4 Å². The van der Waals surface area contributed by atoms with Crippen LogP contribution in [0.4, 0.5) is 15.6 Å². The Morgan fingerprint density at radius 3 is 1.47 bits per heavy atom. The van der Waals surface area contributed by atoms with E-state index in [-0.39, 0.29) is 60.3 Å². The molecule has 0 bridgehead atoms. The molecule has 464 valence electrons. The van der Waals surface area contributed by atoms with E-state index in [1.807, 2.05) is 30.3 Å². The molecule has 6 amide bonds. The number of urea groups is 1. The molecule has 3 aromatic rings. The van der Waals surface area contributed by atoms with Crippen LogP contribution in [-0.4, -0.2) is 228 Å². The number of aliphatic carboxylic acids is 1. The monoisotopic (exact) mass is 1210 g/mol. The van der Waals surface area contributed by atoms with Crippen LogP contribution in [0.15, 0.2) is 60.0 Å². The van der Waals surface area contributed by atoms with Crippen LogP contribution in [0.5, 0.6) is 0 Å². The summed E-state index contributed by atoms with van der Waals surface area (Å²) in [6.45, 7) is 11.3. The second kappa shape index (κ2) is 48.6. The summed E-state index contributed by atoms with van der Waals surface area (Å²) in [4.78, 5) is 90.1. The number of ether oxygens (including phenoxy) is 12. The molecule has 83 heavy (non-hydrogen) atoms. The fourth-order valence-electron chi connectivity index (χ4n) is 6.46. The normalized spacial score (nSPS) is 11.4. The molecular weight excluding hydrogens is 1130 g/mol. The zero-order chi connectivity index (χ0) is 59.6. The first kappa shape index (κ1) is 71.5. The van der Waals surface area contributed by atoms with Crippen LogP contribution >= 0.6 is 23.1 Å². The Morgan fingerprint density at radius 2 is 0.988 bits per heavy atom. The van der Waals surface area contributed by atoms with Crippen molar-refractivity contribution in [3.8, 4) is 0 Å². The molecule has 7 N–H and O–H groups in total. The molecule has 1 atom stereocenters. The maximum Gasteiger partial charge on any atom is 0.321 e. The van der Waals surface area contributed by atoms with Gasteiger partial charge in [0.15, 0.2) is 10.2 Å². The highest BCUT2D eigenvalue weighted by molar-refractivity contribution is 8.13. The number of nitrogens with one attached hydrogen (secondary N) is 6. The Morgan fingerprint density at radius 1 is 0.530 bits per heavy atom. The molecule has 2 aromatic carbocycles. The molecular formula is C54H81N7O20S2. The van der Waals surface area contributed by atoms with Gasteiger partial charge in [-0.2, -0.15) is 0 Å². The second-order valence-corrected chi connectivity index (χ2v) is 19.2. The molecule has 0 fully saturated rings. The molecule has 1 heterocycles. The topological polar surface area (TPSA) is 336 Å². The number of carboxylic acid groups (broad SMARTS) is 1. The Kier molecular flexibility index (Phi) is 41.9. The van der Waals surface area contributed by atoms with E-state index in [4.69, 9.17) is 56.8 Å². The third-order valence-electron chi connectivity index (χ3n) is 10.5. The van der Waals surface area contributed by atoms with E-state index in [2.05, 4.69) is 36.9 Å². The van der Waals surface area contributed by atoms with Gasteiger partial charge < -0.3 is 88.5 Å². The lowest BCUT2D eigenvalue weighted by molar-refractivity contribution is -0.139. The maximum atomic E-state index is 13.3. The summed E-state index contributed by atoms with van der Waals surface area (Å²) in [6.07, 6.45) is -0.706. The van der Waals surface area contributed by atoms with Gasteiger partial charge >= 0.3 is 12.0 Å². The fraction of sp³-hybridized carbons (Fsp3) is 0.593. The van der Waals surface area contributed by atoms with E-state index in [9.17, 15) is 38.7 Å². The summed E-state index contributed by atoms with van der Waals surface area (Å²) in [7, 11) is 0. The SMILES string of the molecule is CC(=O)SCCOCCOCCOCCOCCOCCOCCOCCOCCOCCOCCOCCOCCC(=O)NCc1ccccc1NC(=O)C(CC(=O)O)NC(=O)CNC(=O)c1csc(NC(=O)NCc2ccccc2)n1. The highest BCUT2D eigenvalue weighted by Crippen LogP contribution is 2.17. The summed E-state index contributed by atoms with van der Waals surface area (Å²) in [6, 6.07) is 13.7. The molecule has 0 radical (unpaired) electrons. The number of anilines is 2. The van der Waals surface area contributed by atoms with Crippen molar-refractivity contribution in [1.29, 1.82) is 0 Å². The van der Waals surface area contributed by atoms with Gasteiger partial charge in [-0.1, -0.05) is 60.3 Å². The average molecular weight is 1210 g/mol. The molecule has 27 nitrogen and oxygen atoms in total. The molecule has 0 aliphatic heterocycles. The number of hydrogen-bond acceptors (Lipinski definition) is 22. The molecule has 0 saturated heterocycles. The molecule has 0 saturated carbocycles. The molecule has 0 spiro atoms. The number of nitrogens with zero attached hydrogens (tertiary/aromatic N) is 1. The Bertz CT molecular complexity index is 2260. The molecule has 1 aromatic heterocycles. The lowest BCUT2D eigenvalue weighted by Crippen LogP contribution is -2.48. The van der Waals surface area contributed by atoms with Gasteiger partial charge in [0.1, 0.15) is 11.7 Å². The first-order valence-corrected chi connectivity index (χ1v) is 28.9. The number of thioether (sulfide) groups is 1. The standard InChI is InChI=1S/C54H81N7O20S2/c1-42(62)82-36-35-81-34-33-80-32-31-79-30-29-78-28-27-77-26-25-76-24-23-75-22-21-74-20-19-73-18-17-72-16-15-71-14-13-70-12-11-48(63)55-39-44-9-5-6-10-45(44)59-52(68)46(37-50(65)66)58-49(64)40-56-51(67)47-41-83-54(60-47)61-53(69)57-38-43-7-3-2-4-8-43/h2-10,41,46H,11-40H2,1H3,(H,55,63)(H,56,67)(H,58,64)(H,59,68)(H,65,66)(H2,57,60,61,69). The van der Waals surface area contributed by atoms with E-state index < -0.39 is 48.7 Å². The number of thiazole rings is 1. The molecule has 1 unspecified atom stereocenters. The van der Waals surface area contributed by atoms with Crippen molar-refractivity contribution in [3.63, 3.8) is 0 Å². The number of rotatable bonds is 52. The van der Waals surface area contributed by atoms with Crippen LogP contribution in [0, 0.1) is 0 Å². The summed E-state index contributed by atoms with van der Waals surface area (Å²) in [5.41, 5.74) is 1.60.